The molecular weight excluding hydrogens is 214 g/mol. The van der Waals surface area contributed by atoms with E-state index in [0.717, 1.165) is 0 Å². The number of aliphatic hydroxyl groups excluding tert-OH is 3. The standard InChI is InChI=1S/C10H19NO5/c1-4(2)3-5-6(12)7(13)8(14)9(16-5)10(11)15/h4-9,12-14H,3H2,1-2H3,(H2,11,15)/t5-,6-,7?,8+,9?/m1/s1. The van der Waals surface area contributed by atoms with E-state index in [9.17, 15) is 20.1 Å². The van der Waals surface area contributed by atoms with Crippen LogP contribution in [0.25, 0.3) is 0 Å². The third-order valence-corrected chi connectivity index (χ3v) is 2.70. The summed E-state index contributed by atoms with van der Waals surface area (Å²) in [5, 5.41) is 28.7. The summed E-state index contributed by atoms with van der Waals surface area (Å²) in [5.74, 6) is -0.608. The monoisotopic (exact) mass is 233 g/mol. The average molecular weight is 233 g/mol. The van der Waals surface area contributed by atoms with Crippen molar-refractivity contribution in [2.75, 3.05) is 0 Å². The van der Waals surface area contributed by atoms with Crippen LogP contribution < -0.4 is 5.73 Å². The Morgan fingerprint density at radius 1 is 1.25 bits per heavy atom. The quantitative estimate of drug-likeness (QED) is 0.467. The lowest BCUT2D eigenvalue weighted by Crippen LogP contribution is -2.61. The number of nitrogens with two attached hydrogens (primary N) is 1. The van der Waals surface area contributed by atoms with Crippen molar-refractivity contribution in [2.24, 2.45) is 11.7 Å². The Morgan fingerprint density at radius 3 is 2.25 bits per heavy atom. The van der Waals surface area contributed by atoms with Gasteiger partial charge in [-0.05, 0) is 12.3 Å². The first-order chi connectivity index (χ1) is 7.34. The molecule has 1 rings (SSSR count). The second-order valence-electron chi connectivity index (χ2n) is 4.60. The van der Waals surface area contributed by atoms with Gasteiger partial charge in [0.1, 0.15) is 18.3 Å². The van der Waals surface area contributed by atoms with Gasteiger partial charge in [-0.3, -0.25) is 4.79 Å². The van der Waals surface area contributed by atoms with Crippen LogP contribution in [0.1, 0.15) is 20.3 Å². The molecule has 0 aliphatic carbocycles. The Bertz CT molecular complexity index is 258. The van der Waals surface area contributed by atoms with Crippen LogP contribution in [0.2, 0.25) is 0 Å². The van der Waals surface area contributed by atoms with Crippen LogP contribution in [0.4, 0.5) is 0 Å². The minimum Gasteiger partial charge on any atom is -0.388 e. The van der Waals surface area contributed by atoms with Gasteiger partial charge in [-0.25, -0.2) is 0 Å². The van der Waals surface area contributed by atoms with E-state index in [-0.39, 0.29) is 5.92 Å². The molecular formula is C10H19NO5. The second-order valence-corrected chi connectivity index (χ2v) is 4.60. The maximum atomic E-state index is 11.0. The molecule has 1 fully saturated rings. The molecule has 1 aliphatic rings. The van der Waals surface area contributed by atoms with Gasteiger partial charge in [0, 0.05) is 0 Å². The number of aliphatic hydroxyl groups is 3. The van der Waals surface area contributed by atoms with Crippen molar-refractivity contribution in [1.29, 1.82) is 0 Å². The molecule has 0 aromatic carbocycles. The van der Waals surface area contributed by atoms with E-state index < -0.39 is 36.4 Å². The predicted octanol–water partition coefficient (Wildman–Crippen LogP) is -1.63. The zero-order valence-electron chi connectivity index (χ0n) is 9.41. The van der Waals surface area contributed by atoms with Gasteiger partial charge in [0.2, 0.25) is 5.91 Å². The summed E-state index contributed by atoms with van der Waals surface area (Å²) >= 11 is 0. The highest BCUT2D eigenvalue weighted by atomic mass is 16.5. The van der Waals surface area contributed by atoms with Gasteiger partial charge in [-0.2, -0.15) is 0 Å². The molecule has 94 valence electrons. The second kappa shape index (κ2) is 5.09. The van der Waals surface area contributed by atoms with E-state index in [0.29, 0.717) is 6.42 Å². The van der Waals surface area contributed by atoms with Crippen molar-refractivity contribution in [3.05, 3.63) is 0 Å². The number of carbonyl (C=O) groups is 1. The highest BCUT2D eigenvalue weighted by Crippen LogP contribution is 2.25. The Hall–Kier alpha value is -0.690. The van der Waals surface area contributed by atoms with Crippen LogP contribution in [0.15, 0.2) is 0 Å². The number of amides is 1. The molecule has 16 heavy (non-hydrogen) atoms. The van der Waals surface area contributed by atoms with Gasteiger partial charge in [0.25, 0.3) is 0 Å². The summed E-state index contributed by atoms with van der Waals surface area (Å²) in [6.07, 6.45) is -5.55. The third-order valence-electron chi connectivity index (χ3n) is 2.70. The number of carbonyl (C=O) groups excluding carboxylic acids is 1. The van der Waals surface area contributed by atoms with Gasteiger partial charge in [-0.15, -0.1) is 0 Å². The molecule has 0 aromatic heterocycles. The van der Waals surface area contributed by atoms with Crippen molar-refractivity contribution in [3.63, 3.8) is 0 Å². The van der Waals surface area contributed by atoms with Crippen LogP contribution in [0, 0.1) is 5.92 Å². The fraction of sp³-hybridized carbons (Fsp3) is 0.900. The molecule has 5 atom stereocenters. The first-order valence-electron chi connectivity index (χ1n) is 5.33. The smallest absolute Gasteiger partial charge is 0.249 e. The average Bonchev–Trinajstić information content (AvgIpc) is 2.18. The fourth-order valence-electron chi connectivity index (χ4n) is 1.85. The molecule has 1 heterocycles. The zero-order valence-corrected chi connectivity index (χ0v) is 9.41. The number of rotatable bonds is 3. The highest BCUT2D eigenvalue weighted by molar-refractivity contribution is 5.79. The minimum atomic E-state index is -1.48. The van der Waals surface area contributed by atoms with Crippen molar-refractivity contribution in [3.8, 4) is 0 Å². The molecule has 5 N–H and O–H groups in total. The minimum absolute atomic E-state index is 0.232. The van der Waals surface area contributed by atoms with Gasteiger partial charge in [0.15, 0.2) is 6.10 Å². The maximum Gasteiger partial charge on any atom is 0.249 e. The van der Waals surface area contributed by atoms with E-state index in [1.165, 1.54) is 0 Å². The fourth-order valence-corrected chi connectivity index (χ4v) is 1.85. The van der Waals surface area contributed by atoms with Crippen LogP contribution in [0.5, 0.6) is 0 Å². The SMILES string of the molecule is CC(C)C[C@H]1OC(C(N)=O)[C@@H](O)C(O)[C@@H]1O. The van der Waals surface area contributed by atoms with Gasteiger partial charge < -0.3 is 25.8 Å². The van der Waals surface area contributed by atoms with Crippen LogP contribution >= 0.6 is 0 Å². The number of hydrogen-bond donors (Lipinski definition) is 4. The summed E-state index contributed by atoms with van der Waals surface area (Å²) < 4.78 is 5.22. The topological polar surface area (TPSA) is 113 Å². The van der Waals surface area contributed by atoms with Gasteiger partial charge in [0.05, 0.1) is 6.10 Å². The normalized spacial score (nSPS) is 40.0. The Morgan fingerprint density at radius 2 is 1.81 bits per heavy atom. The van der Waals surface area contributed by atoms with Crippen LogP contribution in [-0.2, 0) is 9.53 Å². The van der Waals surface area contributed by atoms with Crippen molar-refractivity contribution in [2.45, 2.75) is 50.8 Å². The lowest BCUT2D eigenvalue weighted by atomic mass is 9.90. The Labute approximate surface area is 94.0 Å². The van der Waals surface area contributed by atoms with Gasteiger partial charge in [-0.1, -0.05) is 13.8 Å². The van der Waals surface area contributed by atoms with Gasteiger partial charge >= 0.3 is 0 Å². The molecule has 0 aromatic rings. The highest BCUT2D eigenvalue weighted by Gasteiger charge is 2.45. The van der Waals surface area contributed by atoms with Crippen LogP contribution in [0.3, 0.4) is 0 Å². The number of ether oxygens (including phenoxy) is 1. The summed E-state index contributed by atoms with van der Waals surface area (Å²) in [5.41, 5.74) is 5.04. The molecule has 1 aliphatic heterocycles. The van der Waals surface area contributed by atoms with Crippen molar-refractivity contribution < 1.29 is 24.9 Å². The number of primary amides is 1. The molecule has 6 heteroatoms. The van der Waals surface area contributed by atoms with E-state index >= 15 is 0 Å². The predicted molar refractivity (Wildman–Crippen MR) is 55.3 cm³/mol. The molecule has 2 unspecified atom stereocenters. The van der Waals surface area contributed by atoms with E-state index in [2.05, 4.69) is 0 Å². The molecule has 0 bridgehead atoms. The largest absolute Gasteiger partial charge is 0.388 e. The zero-order chi connectivity index (χ0) is 12.5. The Kier molecular flexibility index (Phi) is 4.26. The first-order valence-corrected chi connectivity index (χ1v) is 5.33. The summed E-state index contributed by atoms with van der Waals surface area (Å²) in [7, 11) is 0. The molecule has 1 amide bonds. The van der Waals surface area contributed by atoms with E-state index in [1.807, 2.05) is 13.8 Å². The van der Waals surface area contributed by atoms with Crippen LogP contribution in [-0.4, -0.2) is 51.7 Å². The lowest BCUT2D eigenvalue weighted by molar-refractivity contribution is -0.222. The number of hydrogen-bond acceptors (Lipinski definition) is 5. The molecule has 6 nitrogen and oxygen atoms in total. The molecule has 1 saturated heterocycles. The summed E-state index contributed by atoms with van der Waals surface area (Å²) in [6.45, 7) is 3.85. The summed E-state index contributed by atoms with van der Waals surface area (Å²) in [6, 6.07) is 0. The van der Waals surface area contributed by atoms with E-state index in [4.69, 9.17) is 10.5 Å². The first kappa shape index (κ1) is 13.4. The molecule has 0 saturated carbocycles. The summed E-state index contributed by atoms with van der Waals surface area (Å²) in [4.78, 5) is 11.0. The third kappa shape index (κ3) is 2.70. The maximum absolute atomic E-state index is 11.0. The lowest BCUT2D eigenvalue weighted by Gasteiger charge is -2.40. The molecule has 0 radical (unpaired) electrons. The van der Waals surface area contributed by atoms with E-state index in [1.54, 1.807) is 0 Å². The van der Waals surface area contributed by atoms with Crippen molar-refractivity contribution >= 4 is 5.91 Å². The Balaban J connectivity index is 2.77. The van der Waals surface area contributed by atoms with Crippen molar-refractivity contribution in [1.82, 2.24) is 0 Å². The molecule has 0 spiro atoms.